The fraction of sp³-hybridized carbons (Fsp3) is 0.357. The van der Waals surface area contributed by atoms with Crippen LogP contribution in [0.15, 0.2) is 72.8 Å². The molecule has 36 heavy (non-hydrogen) atoms. The number of rotatable bonds is 13. The van der Waals surface area contributed by atoms with Crippen molar-refractivity contribution in [3.8, 4) is 0 Å². The van der Waals surface area contributed by atoms with E-state index in [1.54, 1.807) is 6.92 Å². The smallest absolute Gasteiger partial charge is 0.408 e. The van der Waals surface area contributed by atoms with Gasteiger partial charge in [-0.1, -0.05) is 74.5 Å². The van der Waals surface area contributed by atoms with E-state index < -0.39 is 35.8 Å². The number of carbonyl (C=O) groups is 4. The molecule has 8 nitrogen and oxygen atoms in total. The van der Waals surface area contributed by atoms with Crippen LogP contribution in [0.4, 0.5) is 4.79 Å². The highest BCUT2D eigenvalue weighted by Gasteiger charge is 2.27. The number of nitrogens with one attached hydrogen (secondary N) is 2. The summed E-state index contributed by atoms with van der Waals surface area (Å²) < 4.78 is 10.1. The molecule has 0 aliphatic carbocycles. The molecule has 8 heteroatoms. The van der Waals surface area contributed by atoms with E-state index in [1.165, 1.54) is 0 Å². The van der Waals surface area contributed by atoms with Gasteiger partial charge in [0.05, 0.1) is 12.6 Å². The van der Waals surface area contributed by atoms with Gasteiger partial charge in [0.25, 0.3) is 0 Å². The maximum atomic E-state index is 13.2. The van der Waals surface area contributed by atoms with Crippen molar-refractivity contribution in [3.05, 3.63) is 83.9 Å². The van der Waals surface area contributed by atoms with E-state index in [0.717, 1.165) is 23.3 Å². The first-order chi connectivity index (χ1) is 17.3. The predicted octanol–water partition coefficient (Wildman–Crippen LogP) is 3.74. The van der Waals surface area contributed by atoms with Crippen molar-refractivity contribution in [2.75, 3.05) is 6.61 Å². The zero-order valence-electron chi connectivity index (χ0n) is 20.9. The molecule has 192 valence electrons. The molecule has 0 unspecified atom stereocenters. The first kappa shape index (κ1) is 28.3. The molecule has 2 aromatic carbocycles. The highest BCUT2D eigenvalue weighted by molar-refractivity contribution is 6.01. The van der Waals surface area contributed by atoms with Crippen molar-refractivity contribution in [2.24, 2.45) is 5.92 Å². The third-order valence-electron chi connectivity index (χ3n) is 5.14. The Hall–Kier alpha value is -3.94. The van der Waals surface area contributed by atoms with Crippen molar-refractivity contribution < 1.29 is 28.7 Å². The van der Waals surface area contributed by atoms with Gasteiger partial charge in [0.1, 0.15) is 12.6 Å². The molecule has 0 spiro atoms. The van der Waals surface area contributed by atoms with E-state index in [9.17, 15) is 19.2 Å². The lowest BCUT2D eigenvalue weighted by Gasteiger charge is -2.23. The Bertz CT molecular complexity index is 1020. The molecule has 0 aliphatic heterocycles. The van der Waals surface area contributed by atoms with Gasteiger partial charge < -0.3 is 20.1 Å². The lowest BCUT2D eigenvalue weighted by Crippen LogP contribution is -2.52. The average Bonchev–Trinajstić information content (AvgIpc) is 2.86. The molecule has 0 bridgehead atoms. The van der Waals surface area contributed by atoms with E-state index in [2.05, 4.69) is 10.6 Å². The van der Waals surface area contributed by atoms with Gasteiger partial charge in [0.15, 0.2) is 5.78 Å². The Morgan fingerprint density at radius 2 is 1.42 bits per heavy atom. The monoisotopic (exact) mass is 494 g/mol. The summed E-state index contributed by atoms with van der Waals surface area (Å²) in [4.78, 5) is 50.1. The summed E-state index contributed by atoms with van der Waals surface area (Å²) in [6, 6.07) is 16.6. The summed E-state index contributed by atoms with van der Waals surface area (Å²) >= 11 is 0. The molecule has 2 rings (SSSR count). The number of esters is 1. The maximum absolute atomic E-state index is 13.2. The molecule has 0 aromatic heterocycles. The Balaban J connectivity index is 2.12. The third kappa shape index (κ3) is 10.5. The quantitative estimate of drug-likeness (QED) is 0.324. The number of hydrogen-bond donors (Lipinski definition) is 2. The highest BCUT2D eigenvalue weighted by atomic mass is 16.5. The fourth-order valence-electron chi connectivity index (χ4n) is 3.41. The summed E-state index contributed by atoms with van der Waals surface area (Å²) in [6.45, 7) is 5.75. The van der Waals surface area contributed by atoms with E-state index >= 15 is 0 Å². The molecule has 0 heterocycles. The second-order valence-electron chi connectivity index (χ2n) is 8.63. The maximum Gasteiger partial charge on any atom is 0.408 e. The molecule has 0 saturated carbocycles. The molecule has 2 amide bonds. The summed E-state index contributed by atoms with van der Waals surface area (Å²) in [5.74, 6) is -1.51. The van der Waals surface area contributed by atoms with Gasteiger partial charge in [-0.05, 0) is 36.5 Å². The van der Waals surface area contributed by atoms with Gasteiger partial charge >= 0.3 is 12.1 Å². The van der Waals surface area contributed by atoms with Crippen LogP contribution in [0.5, 0.6) is 0 Å². The van der Waals surface area contributed by atoms with Crippen molar-refractivity contribution in [3.63, 3.8) is 0 Å². The topological polar surface area (TPSA) is 111 Å². The molecule has 0 saturated heterocycles. The van der Waals surface area contributed by atoms with Crippen LogP contribution in [-0.2, 0) is 36.9 Å². The van der Waals surface area contributed by atoms with Crippen LogP contribution in [-0.4, -0.2) is 42.4 Å². The molecular formula is C28H34N2O6. The Labute approximate surface area is 212 Å². The molecule has 2 N–H and O–H groups in total. The van der Waals surface area contributed by atoms with Crippen molar-refractivity contribution in [2.45, 2.75) is 52.3 Å². The average molecular weight is 495 g/mol. The Kier molecular flexibility index (Phi) is 11.9. The lowest BCUT2D eigenvalue weighted by atomic mass is 9.98. The molecule has 0 aliphatic rings. The van der Waals surface area contributed by atoms with E-state index in [1.807, 2.05) is 74.5 Å². The van der Waals surface area contributed by atoms with Crippen molar-refractivity contribution >= 4 is 23.8 Å². The van der Waals surface area contributed by atoms with Gasteiger partial charge in [-0.15, -0.1) is 0 Å². The Morgan fingerprint density at radius 3 is 2.00 bits per heavy atom. The van der Waals surface area contributed by atoms with Gasteiger partial charge in [-0.2, -0.15) is 0 Å². The normalized spacial score (nSPS) is 12.6. The third-order valence-corrected chi connectivity index (χ3v) is 5.14. The predicted molar refractivity (Wildman–Crippen MR) is 136 cm³/mol. The van der Waals surface area contributed by atoms with Gasteiger partial charge in [-0.3, -0.25) is 9.59 Å². The van der Waals surface area contributed by atoms with E-state index in [0.29, 0.717) is 6.42 Å². The van der Waals surface area contributed by atoms with Crippen LogP contribution in [0.2, 0.25) is 0 Å². The first-order valence-electron chi connectivity index (χ1n) is 12.0. The number of amides is 2. The summed E-state index contributed by atoms with van der Waals surface area (Å²) in [7, 11) is 0. The van der Waals surface area contributed by atoms with Gasteiger partial charge in [-0.25, -0.2) is 9.59 Å². The minimum Gasteiger partial charge on any atom is -0.463 e. The fourth-order valence-corrected chi connectivity index (χ4v) is 3.41. The van der Waals surface area contributed by atoms with Crippen LogP contribution in [0.25, 0.3) is 0 Å². The second kappa shape index (κ2) is 15.1. The Morgan fingerprint density at radius 1 is 0.806 bits per heavy atom. The standard InChI is InChI=1S/C28H34N2O6/c1-4-35-26(32)16-15-25(31)23(17-20(2)3)29-27(33)24(18-21-11-7-5-8-12-21)30-28(34)36-19-22-13-9-6-10-14-22/h5-16,20,23-24H,4,17-19H2,1-3H3,(H,29,33)(H,30,34)/b16-15+/t23-,24+/m1/s1. The largest absolute Gasteiger partial charge is 0.463 e. The van der Waals surface area contributed by atoms with Crippen molar-refractivity contribution in [1.82, 2.24) is 10.6 Å². The van der Waals surface area contributed by atoms with E-state index in [4.69, 9.17) is 9.47 Å². The number of benzene rings is 2. The second-order valence-corrected chi connectivity index (χ2v) is 8.63. The van der Waals surface area contributed by atoms with Crippen LogP contribution in [0.3, 0.4) is 0 Å². The van der Waals surface area contributed by atoms with Gasteiger partial charge in [0, 0.05) is 12.5 Å². The number of hydrogen-bond acceptors (Lipinski definition) is 6. The number of alkyl carbamates (subject to hydrolysis) is 1. The van der Waals surface area contributed by atoms with Crippen LogP contribution >= 0.6 is 0 Å². The zero-order valence-corrected chi connectivity index (χ0v) is 20.9. The molecule has 0 radical (unpaired) electrons. The lowest BCUT2D eigenvalue weighted by molar-refractivity contribution is -0.137. The summed E-state index contributed by atoms with van der Waals surface area (Å²) in [5.41, 5.74) is 1.64. The molecular weight excluding hydrogens is 460 g/mol. The molecule has 0 fully saturated rings. The first-order valence-corrected chi connectivity index (χ1v) is 12.0. The number of ketones is 1. The SMILES string of the molecule is CCOC(=O)/C=C/C(=O)[C@@H](CC(C)C)NC(=O)[C@H](Cc1ccccc1)NC(=O)OCc1ccccc1. The van der Waals surface area contributed by atoms with Crippen LogP contribution in [0, 0.1) is 5.92 Å². The van der Waals surface area contributed by atoms with Crippen LogP contribution in [0.1, 0.15) is 38.3 Å². The van der Waals surface area contributed by atoms with Gasteiger partial charge in [0.2, 0.25) is 5.91 Å². The number of carbonyl (C=O) groups excluding carboxylic acids is 4. The molecule has 2 aromatic rings. The number of ether oxygens (including phenoxy) is 2. The van der Waals surface area contributed by atoms with E-state index in [-0.39, 0.29) is 25.6 Å². The molecule has 2 atom stereocenters. The zero-order chi connectivity index (χ0) is 26.3. The minimum atomic E-state index is -0.979. The highest BCUT2D eigenvalue weighted by Crippen LogP contribution is 2.10. The minimum absolute atomic E-state index is 0.0550. The van der Waals surface area contributed by atoms with Crippen molar-refractivity contribution in [1.29, 1.82) is 0 Å². The van der Waals surface area contributed by atoms with Crippen LogP contribution < -0.4 is 10.6 Å². The summed E-state index contributed by atoms with van der Waals surface area (Å²) in [6.07, 6.45) is 1.97. The summed E-state index contributed by atoms with van der Waals surface area (Å²) in [5, 5.41) is 5.36.